The van der Waals surface area contributed by atoms with Crippen molar-refractivity contribution in [2.75, 3.05) is 42.3 Å². The van der Waals surface area contributed by atoms with Crippen LogP contribution in [0.4, 0.5) is 22.7 Å². The smallest absolute Gasteiger partial charge is 0.293 e. The van der Waals surface area contributed by atoms with E-state index < -0.39 is 4.92 Å². The number of amides is 1. The quantitative estimate of drug-likeness (QED) is 0.656. The van der Waals surface area contributed by atoms with Gasteiger partial charge in [-0.2, -0.15) is 0 Å². The van der Waals surface area contributed by atoms with E-state index in [0.717, 1.165) is 31.6 Å². The summed E-state index contributed by atoms with van der Waals surface area (Å²) < 4.78 is 0. The fraction of sp³-hybridized carbons (Fsp3) is 0.316. The van der Waals surface area contributed by atoms with Crippen LogP contribution in [0.25, 0.3) is 0 Å². The van der Waals surface area contributed by atoms with E-state index in [1.54, 1.807) is 24.3 Å². The third-order valence-electron chi connectivity index (χ3n) is 4.52. The molecule has 2 aromatic carbocycles. The van der Waals surface area contributed by atoms with Gasteiger partial charge < -0.3 is 15.1 Å². The minimum absolute atomic E-state index is 0.0255. The van der Waals surface area contributed by atoms with Crippen molar-refractivity contribution in [3.63, 3.8) is 0 Å². The topological polar surface area (TPSA) is 78.7 Å². The van der Waals surface area contributed by atoms with Crippen molar-refractivity contribution in [2.45, 2.75) is 12.8 Å². The maximum absolute atomic E-state index is 12.5. The van der Waals surface area contributed by atoms with E-state index in [1.807, 2.05) is 36.0 Å². The van der Waals surface area contributed by atoms with Gasteiger partial charge >= 0.3 is 0 Å². The van der Waals surface area contributed by atoms with Gasteiger partial charge in [0.25, 0.3) is 11.6 Å². The highest BCUT2D eigenvalue weighted by molar-refractivity contribution is 6.05. The molecule has 1 aliphatic heterocycles. The molecule has 0 unspecified atom stereocenters. The fourth-order valence-electron chi connectivity index (χ4n) is 3.08. The van der Waals surface area contributed by atoms with Gasteiger partial charge in [0.15, 0.2) is 0 Å². The summed E-state index contributed by atoms with van der Waals surface area (Å²) in [5.74, 6) is -0.362. The first-order chi connectivity index (χ1) is 12.5. The van der Waals surface area contributed by atoms with Crippen LogP contribution in [0.5, 0.6) is 0 Å². The minimum Gasteiger partial charge on any atom is -0.378 e. The SMILES string of the molecule is CN(C)c1ccc(NC(=O)c2ccc(N3CCCC3)c([N+](=O)[O-])c2)cc1. The Kier molecular flexibility index (Phi) is 5.06. The van der Waals surface area contributed by atoms with Crippen LogP contribution in [-0.4, -0.2) is 38.0 Å². The zero-order valence-electron chi connectivity index (χ0n) is 14.9. The van der Waals surface area contributed by atoms with E-state index in [4.69, 9.17) is 0 Å². The number of benzene rings is 2. The molecule has 0 radical (unpaired) electrons. The molecule has 1 fully saturated rings. The van der Waals surface area contributed by atoms with Crippen LogP contribution < -0.4 is 15.1 Å². The average molecular weight is 354 g/mol. The van der Waals surface area contributed by atoms with Gasteiger partial charge in [0.05, 0.1) is 4.92 Å². The monoisotopic (exact) mass is 354 g/mol. The van der Waals surface area contributed by atoms with Crippen molar-refractivity contribution in [1.82, 2.24) is 0 Å². The Hall–Kier alpha value is -3.09. The van der Waals surface area contributed by atoms with Gasteiger partial charge in [0.2, 0.25) is 0 Å². The van der Waals surface area contributed by atoms with E-state index in [2.05, 4.69) is 5.32 Å². The van der Waals surface area contributed by atoms with Crippen molar-refractivity contribution < 1.29 is 9.72 Å². The molecule has 0 spiro atoms. The summed E-state index contributed by atoms with van der Waals surface area (Å²) in [6.45, 7) is 1.62. The molecular weight excluding hydrogens is 332 g/mol. The number of hydrogen-bond donors (Lipinski definition) is 1. The number of nitrogens with one attached hydrogen (secondary N) is 1. The Morgan fingerprint density at radius 3 is 2.35 bits per heavy atom. The highest BCUT2D eigenvalue weighted by Crippen LogP contribution is 2.32. The third kappa shape index (κ3) is 3.77. The van der Waals surface area contributed by atoms with Gasteiger partial charge in [0, 0.05) is 50.2 Å². The summed E-state index contributed by atoms with van der Waals surface area (Å²) in [5.41, 5.74) is 2.50. The van der Waals surface area contributed by atoms with Gasteiger partial charge in [-0.05, 0) is 49.2 Å². The lowest BCUT2D eigenvalue weighted by Gasteiger charge is -2.18. The predicted octanol–water partition coefficient (Wildman–Crippen LogP) is 3.51. The van der Waals surface area contributed by atoms with Crippen molar-refractivity contribution in [3.8, 4) is 0 Å². The molecule has 7 nitrogen and oxygen atoms in total. The highest BCUT2D eigenvalue weighted by Gasteiger charge is 2.23. The number of nitro groups is 1. The van der Waals surface area contributed by atoms with Crippen LogP contribution >= 0.6 is 0 Å². The average Bonchev–Trinajstić information content (AvgIpc) is 3.16. The highest BCUT2D eigenvalue weighted by atomic mass is 16.6. The van der Waals surface area contributed by atoms with E-state index in [9.17, 15) is 14.9 Å². The molecule has 136 valence electrons. The predicted molar refractivity (Wildman–Crippen MR) is 103 cm³/mol. The second-order valence-electron chi connectivity index (χ2n) is 6.55. The summed E-state index contributed by atoms with van der Waals surface area (Å²) >= 11 is 0. The minimum atomic E-state index is -0.420. The van der Waals surface area contributed by atoms with Crippen LogP contribution in [0.3, 0.4) is 0 Å². The second kappa shape index (κ2) is 7.43. The Morgan fingerprint density at radius 2 is 1.77 bits per heavy atom. The summed E-state index contributed by atoms with van der Waals surface area (Å²) in [4.78, 5) is 27.5. The molecule has 1 saturated heterocycles. The zero-order valence-corrected chi connectivity index (χ0v) is 14.9. The molecule has 0 saturated carbocycles. The normalized spacial score (nSPS) is 13.5. The van der Waals surface area contributed by atoms with E-state index in [1.165, 1.54) is 6.07 Å². The fourth-order valence-corrected chi connectivity index (χ4v) is 3.08. The molecule has 1 amide bonds. The molecule has 0 aromatic heterocycles. The van der Waals surface area contributed by atoms with Gasteiger partial charge in [-0.3, -0.25) is 14.9 Å². The van der Waals surface area contributed by atoms with E-state index >= 15 is 0 Å². The number of anilines is 3. The second-order valence-corrected chi connectivity index (χ2v) is 6.55. The van der Waals surface area contributed by atoms with Crippen LogP contribution in [0.1, 0.15) is 23.2 Å². The number of rotatable bonds is 5. The number of hydrogen-bond acceptors (Lipinski definition) is 5. The van der Waals surface area contributed by atoms with Crippen molar-refractivity contribution in [2.24, 2.45) is 0 Å². The molecule has 0 aliphatic carbocycles. The van der Waals surface area contributed by atoms with E-state index in [0.29, 0.717) is 11.4 Å². The molecule has 1 N–H and O–H groups in total. The molecule has 2 aromatic rings. The molecule has 1 heterocycles. The molecule has 0 atom stereocenters. The van der Waals surface area contributed by atoms with Crippen LogP contribution in [0, 0.1) is 10.1 Å². The van der Waals surface area contributed by atoms with Gasteiger partial charge in [-0.25, -0.2) is 0 Å². The molecule has 26 heavy (non-hydrogen) atoms. The molecule has 3 rings (SSSR count). The lowest BCUT2D eigenvalue weighted by molar-refractivity contribution is -0.384. The molecule has 0 bridgehead atoms. The Labute approximate surface area is 152 Å². The molecule has 1 aliphatic rings. The van der Waals surface area contributed by atoms with Crippen LogP contribution in [0.2, 0.25) is 0 Å². The van der Waals surface area contributed by atoms with Crippen molar-refractivity contribution >= 4 is 28.7 Å². The lowest BCUT2D eigenvalue weighted by atomic mass is 10.1. The molecular formula is C19H22N4O3. The van der Waals surface area contributed by atoms with Crippen LogP contribution in [-0.2, 0) is 0 Å². The third-order valence-corrected chi connectivity index (χ3v) is 4.52. The van der Waals surface area contributed by atoms with Gasteiger partial charge in [-0.1, -0.05) is 0 Å². The molecule has 7 heteroatoms. The largest absolute Gasteiger partial charge is 0.378 e. The summed E-state index contributed by atoms with van der Waals surface area (Å²) in [5, 5.41) is 14.2. The summed E-state index contributed by atoms with van der Waals surface area (Å²) in [6, 6.07) is 12.1. The number of carbonyl (C=O) groups excluding carboxylic acids is 1. The first kappa shape index (κ1) is 17.7. The standard InChI is InChI=1S/C19H22N4O3/c1-21(2)16-8-6-15(7-9-16)20-19(24)14-5-10-17(18(13-14)23(25)26)22-11-3-4-12-22/h5-10,13H,3-4,11-12H2,1-2H3,(H,20,24). The van der Waals surface area contributed by atoms with Gasteiger partial charge in [-0.15, -0.1) is 0 Å². The summed E-state index contributed by atoms with van der Waals surface area (Å²) in [6.07, 6.45) is 2.06. The zero-order chi connectivity index (χ0) is 18.7. The van der Waals surface area contributed by atoms with E-state index in [-0.39, 0.29) is 17.2 Å². The Morgan fingerprint density at radius 1 is 1.12 bits per heavy atom. The first-order valence-electron chi connectivity index (χ1n) is 8.58. The maximum Gasteiger partial charge on any atom is 0.293 e. The first-order valence-corrected chi connectivity index (χ1v) is 8.58. The number of nitrogens with zero attached hydrogens (tertiary/aromatic N) is 3. The number of carbonyl (C=O) groups is 1. The van der Waals surface area contributed by atoms with Gasteiger partial charge in [0.1, 0.15) is 5.69 Å². The Bertz CT molecular complexity index is 812. The van der Waals surface area contributed by atoms with Crippen LogP contribution in [0.15, 0.2) is 42.5 Å². The number of nitro benzene ring substituents is 1. The Balaban J connectivity index is 1.80. The lowest BCUT2D eigenvalue weighted by Crippen LogP contribution is -2.19. The maximum atomic E-state index is 12.5. The van der Waals surface area contributed by atoms with Crippen molar-refractivity contribution in [1.29, 1.82) is 0 Å². The van der Waals surface area contributed by atoms with Crippen molar-refractivity contribution in [3.05, 3.63) is 58.1 Å². The summed E-state index contributed by atoms with van der Waals surface area (Å²) in [7, 11) is 3.88.